The normalized spacial score (nSPS) is 22.5. The number of carbonyl (C=O) groups is 1. The minimum Gasteiger partial charge on any atom is -0.292 e. The number of halogens is 2. The Morgan fingerprint density at radius 3 is 2.12 bits per heavy atom. The molecule has 0 spiro atoms. The fourth-order valence-corrected chi connectivity index (χ4v) is 4.11. The van der Waals surface area contributed by atoms with Crippen LogP contribution in [0.15, 0.2) is 57.8 Å². The molecule has 0 radical (unpaired) electrons. The summed E-state index contributed by atoms with van der Waals surface area (Å²) in [5.41, 5.74) is 1.75. The van der Waals surface area contributed by atoms with Gasteiger partial charge in [0.05, 0.1) is 10.6 Å². The molecule has 0 fully saturated rings. The molecule has 0 amide bonds. The zero-order chi connectivity index (χ0) is 17.5. The van der Waals surface area contributed by atoms with Gasteiger partial charge in [0.15, 0.2) is 5.78 Å². The zero-order valence-corrected chi connectivity index (χ0v) is 14.9. The van der Waals surface area contributed by atoms with E-state index in [4.69, 9.17) is 23.2 Å². The van der Waals surface area contributed by atoms with E-state index in [0.29, 0.717) is 11.1 Å². The number of sulfonamides is 1. The highest BCUT2D eigenvalue weighted by atomic mass is 35.5. The van der Waals surface area contributed by atoms with Crippen molar-refractivity contribution in [1.29, 1.82) is 0 Å². The quantitative estimate of drug-likeness (QED) is 0.746. The molecular weight excluding hydrogens is 369 g/mol. The van der Waals surface area contributed by atoms with Crippen LogP contribution in [0.5, 0.6) is 0 Å². The first-order valence-electron chi connectivity index (χ1n) is 7.14. The third kappa shape index (κ3) is 2.99. The Kier molecular flexibility index (Phi) is 4.51. The minimum atomic E-state index is -3.96. The summed E-state index contributed by atoms with van der Waals surface area (Å²) < 4.78 is 29.1. The van der Waals surface area contributed by atoms with Crippen molar-refractivity contribution in [2.24, 2.45) is 4.40 Å². The van der Waals surface area contributed by atoms with Gasteiger partial charge >= 0.3 is 0 Å². The first kappa shape index (κ1) is 17.1. The Bertz CT molecular complexity index is 937. The van der Waals surface area contributed by atoms with E-state index in [-0.39, 0.29) is 16.4 Å². The summed E-state index contributed by atoms with van der Waals surface area (Å²) in [5, 5.41) is -2.08. The van der Waals surface area contributed by atoms with Crippen molar-refractivity contribution in [3.8, 4) is 0 Å². The van der Waals surface area contributed by atoms with Crippen molar-refractivity contribution in [2.75, 3.05) is 0 Å². The van der Waals surface area contributed by atoms with Gasteiger partial charge in [-0.15, -0.1) is 23.2 Å². The second kappa shape index (κ2) is 6.31. The molecule has 2 aromatic rings. The predicted molar refractivity (Wildman–Crippen MR) is 95.0 cm³/mol. The lowest BCUT2D eigenvalue weighted by Crippen LogP contribution is -2.39. The van der Waals surface area contributed by atoms with Crippen LogP contribution in [0.25, 0.3) is 0 Å². The Hall–Kier alpha value is -1.69. The molecule has 0 saturated heterocycles. The van der Waals surface area contributed by atoms with Crippen LogP contribution in [0.1, 0.15) is 21.5 Å². The summed E-state index contributed by atoms with van der Waals surface area (Å²) in [6.45, 7) is 1.86. The molecule has 4 nitrogen and oxygen atoms in total. The average molecular weight is 382 g/mol. The van der Waals surface area contributed by atoms with Gasteiger partial charge in [-0.1, -0.05) is 42.0 Å². The molecule has 0 N–H and O–H groups in total. The van der Waals surface area contributed by atoms with Gasteiger partial charge in [-0.2, -0.15) is 12.8 Å². The fourth-order valence-electron chi connectivity index (χ4n) is 2.48. The van der Waals surface area contributed by atoms with E-state index in [2.05, 4.69) is 4.40 Å². The Morgan fingerprint density at radius 1 is 0.917 bits per heavy atom. The summed E-state index contributed by atoms with van der Waals surface area (Å²) in [6.07, 6.45) is 0. The Balaban J connectivity index is 2.16. The van der Waals surface area contributed by atoms with Gasteiger partial charge < -0.3 is 0 Å². The number of nitrogens with zero attached hydrogens (tertiary/aromatic N) is 1. The number of ketones is 1. The summed E-state index contributed by atoms with van der Waals surface area (Å²) in [4.78, 5) is 12.3. The molecule has 0 aromatic heterocycles. The molecule has 24 heavy (non-hydrogen) atoms. The standard InChI is InChI=1S/C17H13Cl2NO3S/c1-10-6-8-11(9-7-10)24(22,23)20-16-12-4-2-3-5-13(12)17(21)15(19)14(16)18/h2-9,14-15H,1H3. The van der Waals surface area contributed by atoms with E-state index >= 15 is 0 Å². The van der Waals surface area contributed by atoms with Gasteiger partial charge in [-0.05, 0) is 19.1 Å². The topological polar surface area (TPSA) is 63.6 Å². The monoisotopic (exact) mass is 381 g/mol. The predicted octanol–water partition coefficient (Wildman–Crippen LogP) is 3.58. The highest BCUT2D eigenvalue weighted by molar-refractivity contribution is 7.90. The maximum absolute atomic E-state index is 12.6. The lowest BCUT2D eigenvalue weighted by atomic mass is 9.88. The van der Waals surface area contributed by atoms with Crippen molar-refractivity contribution in [2.45, 2.75) is 22.6 Å². The number of alkyl halides is 2. The second-order valence-corrected chi connectivity index (χ2v) is 8.02. The summed E-state index contributed by atoms with van der Waals surface area (Å²) in [6, 6.07) is 12.9. The maximum Gasteiger partial charge on any atom is 0.282 e. The van der Waals surface area contributed by atoms with Gasteiger partial charge in [0, 0.05) is 11.1 Å². The van der Waals surface area contributed by atoms with E-state index < -0.39 is 20.8 Å². The van der Waals surface area contributed by atoms with Gasteiger partial charge in [0.25, 0.3) is 10.0 Å². The van der Waals surface area contributed by atoms with Gasteiger partial charge in [0.2, 0.25) is 0 Å². The molecule has 7 heteroatoms. The SMILES string of the molecule is Cc1ccc(S(=O)(=O)N=C2c3ccccc3C(=O)C(Cl)C2Cl)cc1. The van der Waals surface area contributed by atoms with Gasteiger partial charge in [0.1, 0.15) is 10.8 Å². The van der Waals surface area contributed by atoms with Gasteiger partial charge in [-0.25, -0.2) is 0 Å². The Labute approximate surface area is 150 Å². The third-order valence-corrected chi connectivity index (χ3v) is 6.12. The summed E-state index contributed by atoms with van der Waals surface area (Å²) in [5.74, 6) is -0.334. The van der Waals surface area contributed by atoms with Crippen LogP contribution in [0.4, 0.5) is 0 Å². The van der Waals surface area contributed by atoms with Crippen molar-refractivity contribution >= 4 is 44.7 Å². The number of benzene rings is 2. The molecule has 2 atom stereocenters. The van der Waals surface area contributed by atoms with Crippen molar-refractivity contribution in [3.63, 3.8) is 0 Å². The number of rotatable bonds is 2. The number of carbonyl (C=O) groups excluding carboxylic acids is 1. The molecule has 2 aromatic carbocycles. The molecule has 124 valence electrons. The van der Waals surface area contributed by atoms with Crippen LogP contribution in [-0.4, -0.2) is 30.7 Å². The van der Waals surface area contributed by atoms with E-state index in [1.807, 2.05) is 6.92 Å². The van der Waals surface area contributed by atoms with Crippen LogP contribution >= 0.6 is 23.2 Å². The molecule has 1 aliphatic rings. The summed E-state index contributed by atoms with van der Waals surface area (Å²) >= 11 is 12.3. The third-order valence-electron chi connectivity index (χ3n) is 3.77. The molecule has 0 heterocycles. The number of aryl methyl sites for hydroxylation is 1. The maximum atomic E-state index is 12.6. The van der Waals surface area contributed by atoms with Crippen LogP contribution in [-0.2, 0) is 10.0 Å². The molecule has 0 aliphatic heterocycles. The largest absolute Gasteiger partial charge is 0.292 e. The summed E-state index contributed by atoms with van der Waals surface area (Å²) in [7, 11) is -3.96. The lowest BCUT2D eigenvalue weighted by Gasteiger charge is -2.25. The molecule has 0 bridgehead atoms. The van der Waals surface area contributed by atoms with Crippen LogP contribution in [0, 0.1) is 6.92 Å². The molecule has 2 unspecified atom stereocenters. The molecule has 0 saturated carbocycles. The minimum absolute atomic E-state index is 0.0602. The zero-order valence-electron chi connectivity index (χ0n) is 12.6. The van der Waals surface area contributed by atoms with Gasteiger partial charge in [-0.3, -0.25) is 4.79 Å². The fraction of sp³-hybridized carbons (Fsp3) is 0.176. The van der Waals surface area contributed by atoms with Crippen LogP contribution in [0.2, 0.25) is 0 Å². The van der Waals surface area contributed by atoms with E-state index in [0.717, 1.165) is 5.56 Å². The number of hydrogen-bond donors (Lipinski definition) is 0. The first-order chi connectivity index (χ1) is 11.3. The van der Waals surface area contributed by atoms with Crippen molar-refractivity contribution in [1.82, 2.24) is 0 Å². The highest BCUT2D eigenvalue weighted by Gasteiger charge is 2.38. The van der Waals surface area contributed by atoms with Crippen LogP contribution in [0.3, 0.4) is 0 Å². The van der Waals surface area contributed by atoms with E-state index in [9.17, 15) is 13.2 Å². The average Bonchev–Trinajstić information content (AvgIpc) is 2.57. The molecule has 3 rings (SSSR count). The smallest absolute Gasteiger partial charge is 0.282 e. The highest BCUT2D eigenvalue weighted by Crippen LogP contribution is 2.30. The van der Waals surface area contributed by atoms with E-state index in [1.54, 1.807) is 36.4 Å². The van der Waals surface area contributed by atoms with Crippen molar-refractivity contribution in [3.05, 3.63) is 65.2 Å². The second-order valence-electron chi connectivity index (χ2n) is 5.48. The lowest BCUT2D eigenvalue weighted by molar-refractivity contribution is 0.0987. The Morgan fingerprint density at radius 2 is 1.50 bits per heavy atom. The molecular formula is C17H13Cl2NO3S. The molecule has 1 aliphatic carbocycles. The number of Topliss-reactive ketones (excluding diaryl/α,β-unsaturated/α-hetero) is 1. The van der Waals surface area contributed by atoms with Crippen LogP contribution < -0.4 is 0 Å². The van der Waals surface area contributed by atoms with E-state index in [1.165, 1.54) is 12.1 Å². The first-order valence-corrected chi connectivity index (χ1v) is 9.46. The van der Waals surface area contributed by atoms with Crippen molar-refractivity contribution < 1.29 is 13.2 Å². The number of hydrogen-bond acceptors (Lipinski definition) is 3. The number of fused-ring (bicyclic) bond motifs is 1.